The molecule has 0 spiro atoms. The minimum absolute atomic E-state index is 0. The molecule has 7 aromatic rings. The van der Waals surface area contributed by atoms with Crippen molar-refractivity contribution in [2.24, 2.45) is 0 Å². The molecule has 258 valence electrons. The van der Waals surface area contributed by atoms with Crippen LogP contribution in [0, 0.1) is 0 Å². The van der Waals surface area contributed by atoms with Gasteiger partial charge in [0, 0.05) is 22.7 Å². The topological polar surface area (TPSA) is 158 Å². The Morgan fingerprint density at radius 2 is 0.509 bits per heavy atom. The number of hydrogen-bond donors (Lipinski definition) is 4. The molecule has 0 aliphatic carbocycles. The molecule has 8 bridgehead atoms. The van der Waals surface area contributed by atoms with Gasteiger partial charge in [-0.15, -0.1) is 22.1 Å². The van der Waals surface area contributed by atoms with Crippen molar-refractivity contribution in [3.8, 4) is 44.5 Å². The van der Waals surface area contributed by atoms with E-state index in [0.29, 0.717) is 22.7 Å². The van der Waals surface area contributed by atoms with Crippen molar-refractivity contribution in [3.05, 3.63) is 144 Å². The van der Waals surface area contributed by atoms with Crippen LogP contribution in [0.1, 0.15) is 22.8 Å². The first kappa shape index (κ1) is 33.3. The quantitative estimate of drug-likeness (QED) is 0.103. The SMILES string of the molecule is Nc1ccc(-c2c3nc(c(-c4ccc(N)cc4)c4ccc([n-]4)c(-c4ccc(N)cc4)c4nc(c(-c5ccc(N)cc5)c5ccc2[n-]5)C=C4)C=C3)cc1.[Ni+2]. The maximum Gasteiger partial charge on any atom is 2.00 e. The molecule has 0 radical (unpaired) electrons. The number of fused-ring (bicyclic) bond motifs is 8. The molecule has 0 atom stereocenters. The maximum atomic E-state index is 6.13. The smallest absolute Gasteiger partial charge is 0.657 e. The molecule has 53 heavy (non-hydrogen) atoms. The van der Waals surface area contributed by atoms with Crippen LogP contribution in [0.3, 0.4) is 0 Å². The summed E-state index contributed by atoms with van der Waals surface area (Å²) in [6.45, 7) is 0. The Balaban J connectivity index is 0.00000400. The summed E-state index contributed by atoms with van der Waals surface area (Å²) < 4.78 is 0. The summed E-state index contributed by atoms with van der Waals surface area (Å²) in [4.78, 5) is 21.1. The second-order valence-electron chi connectivity index (χ2n) is 12.9. The van der Waals surface area contributed by atoms with Gasteiger partial charge < -0.3 is 32.9 Å². The van der Waals surface area contributed by atoms with Crippen molar-refractivity contribution in [2.45, 2.75) is 0 Å². The third-order valence-corrected chi connectivity index (χ3v) is 9.41. The third kappa shape index (κ3) is 6.13. The summed E-state index contributed by atoms with van der Waals surface area (Å²) in [6, 6.07) is 39.4. The Kier molecular flexibility index (Phi) is 8.41. The van der Waals surface area contributed by atoms with E-state index >= 15 is 0 Å². The molecule has 0 fully saturated rings. The minimum Gasteiger partial charge on any atom is -0.657 e. The van der Waals surface area contributed by atoms with Gasteiger partial charge in [-0.3, -0.25) is 0 Å². The molecule has 4 aromatic carbocycles. The largest absolute Gasteiger partial charge is 2.00 e. The molecule has 0 saturated heterocycles. The number of nitrogen functional groups attached to an aromatic ring is 4. The zero-order chi connectivity index (χ0) is 35.3. The van der Waals surface area contributed by atoms with E-state index in [1.165, 1.54) is 0 Å². The molecule has 2 aliphatic heterocycles. The van der Waals surface area contributed by atoms with Gasteiger partial charge in [0.1, 0.15) is 0 Å². The molecule has 0 amide bonds. The van der Waals surface area contributed by atoms with E-state index < -0.39 is 0 Å². The summed E-state index contributed by atoms with van der Waals surface area (Å²) in [6.07, 6.45) is 8.15. The molecular weight excluding hydrogens is 699 g/mol. The second kappa shape index (κ2) is 13.4. The van der Waals surface area contributed by atoms with Gasteiger partial charge in [0.25, 0.3) is 0 Å². The van der Waals surface area contributed by atoms with Crippen LogP contribution >= 0.6 is 0 Å². The summed E-state index contributed by atoms with van der Waals surface area (Å²) in [7, 11) is 0. The van der Waals surface area contributed by atoms with Crippen LogP contribution < -0.4 is 32.9 Å². The second-order valence-corrected chi connectivity index (χ2v) is 12.9. The molecule has 8 nitrogen and oxygen atoms in total. The number of aromatic nitrogens is 4. The van der Waals surface area contributed by atoms with E-state index in [4.69, 9.17) is 42.9 Å². The molecule has 8 N–H and O–H groups in total. The molecule has 9 heteroatoms. The van der Waals surface area contributed by atoms with Crippen LogP contribution in [-0.4, -0.2) is 9.97 Å². The number of nitrogens with two attached hydrogens (primary N) is 4. The van der Waals surface area contributed by atoms with E-state index in [0.717, 1.165) is 89.4 Å². The molecule has 5 heterocycles. The van der Waals surface area contributed by atoms with Gasteiger partial charge in [0.2, 0.25) is 0 Å². The zero-order valence-electron chi connectivity index (χ0n) is 28.3. The minimum atomic E-state index is 0. The number of nitrogens with zero attached hydrogens (tertiary/aromatic N) is 4. The van der Waals surface area contributed by atoms with E-state index in [1.807, 2.05) is 146 Å². The van der Waals surface area contributed by atoms with E-state index in [9.17, 15) is 0 Å². The predicted molar refractivity (Wildman–Crippen MR) is 216 cm³/mol. The number of benzene rings is 4. The fourth-order valence-corrected chi connectivity index (χ4v) is 6.87. The third-order valence-electron chi connectivity index (χ3n) is 9.41. The van der Waals surface area contributed by atoms with Gasteiger partial charge >= 0.3 is 16.5 Å². The Morgan fingerprint density at radius 1 is 0.302 bits per heavy atom. The van der Waals surface area contributed by atoms with Crippen LogP contribution in [0.4, 0.5) is 22.7 Å². The Hall–Kier alpha value is -6.83. The van der Waals surface area contributed by atoms with Crippen LogP contribution in [0.25, 0.3) is 90.9 Å². The van der Waals surface area contributed by atoms with Crippen molar-refractivity contribution in [1.29, 1.82) is 0 Å². The van der Waals surface area contributed by atoms with Crippen LogP contribution in [0.15, 0.2) is 121 Å². The monoisotopic (exact) mass is 730 g/mol. The first-order valence-electron chi connectivity index (χ1n) is 16.9. The average Bonchev–Trinajstić information content (AvgIpc) is 3.99. The normalized spacial score (nSPS) is 11.8. The van der Waals surface area contributed by atoms with Crippen LogP contribution in [0.5, 0.6) is 0 Å². The van der Waals surface area contributed by atoms with Gasteiger partial charge in [-0.2, -0.15) is 0 Å². The summed E-state index contributed by atoms with van der Waals surface area (Å²) in [5.74, 6) is 0. The Morgan fingerprint density at radius 3 is 0.717 bits per heavy atom. The molecule has 0 saturated carbocycles. The standard InChI is InChI=1S/C44H32N8.Ni/c45-29-9-1-25(2-10-29)41-33-17-19-35(49-33)42(26-3-11-30(46)12-4-26)37-21-23-39(51-37)44(28-7-15-32(48)16-8-28)40-24-22-38(52-40)43(36-20-18-34(41)50-36)27-5-13-31(47)14-6-27;/h1-24H,45-48H2;/q-2;+2. The van der Waals surface area contributed by atoms with E-state index in [-0.39, 0.29) is 16.5 Å². The van der Waals surface area contributed by atoms with Gasteiger partial charge in [0.05, 0.1) is 22.8 Å². The van der Waals surface area contributed by atoms with Crippen LogP contribution in [0.2, 0.25) is 0 Å². The average molecular weight is 731 g/mol. The van der Waals surface area contributed by atoms with Crippen molar-refractivity contribution in [3.63, 3.8) is 0 Å². The van der Waals surface area contributed by atoms with Gasteiger partial charge in [-0.25, -0.2) is 9.97 Å². The molecule has 2 aliphatic rings. The molecule has 9 rings (SSSR count). The van der Waals surface area contributed by atoms with E-state index in [1.54, 1.807) is 0 Å². The number of anilines is 4. The number of rotatable bonds is 4. The summed E-state index contributed by atoms with van der Waals surface area (Å²) >= 11 is 0. The molecular formula is C44H32N8Ni. The van der Waals surface area contributed by atoms with E-state index in [2.05, 4.69) is 0 Å². The fourth-order valence-electron chi connectivity index (χ4n) is 6.87. The summed E-state index contributed by atoms with van der Waals surface area (Å²) in [5, 5.41) is 0. The van der Waals surface area contributed by atoms with Gasteiger partial charge in [-0.1, -0.05) is 72.8 Å². The number of hydrogen-bond acceptors (Lipinski definition) is 6. The zero-order valence-corrected chi connectivity index (χ0v) is 29.3. The van der Waals surface area contributed by atoms with Crippen molar-refractivity contribution in [2.75, 3.05) is 22.9 Å². The molecule has 3 aromatic heterocycles. The van der Waals surface area contributed by atoms with Crippen molar-refractivity contribution < 1.29 is 16.5 Å². The van der Waals surface area contributed by atoms with Gasteiger partial charge in [0.15, 0.2) is 0 Å². The van der Waals surface area contributed by atoms with Crippen LogP contribution in [-0.2, 0) is 16.5 Å². The van der Waals surface area contributed by atoms with Gasteiger partial charge in [-0.05, 0) is 117 Å². The maximum absolute atomic E-state index is 6.13. The summed E-state index contributed by atoms with van der Waals surface area (Å²) in [5.41, 5.74) is 40.7. The fraction of sp³-hybridized carbons (Fsp3) is 0. The molecule has 0 unspecified atom stereocenters. The first-order valence-corrected chi connectivity index (χ1v) is 16.9. The predicted octanol–water partition coefficient (Wildman–Crippen LogP) is 8.91. The first-order chi connectivity index (χ1) is 25.4. The van der Waals surface area contributed by atoms with Crippen molar-refractivity contribution in [1.82, 2.24) is 19.9 Å². The van der Waals surface area contributed by atoms with Crippen molar-refractivity contribution >= 4 is 69.1 Å². The Bertz CT molecular complexity index is 2370. The Labute approximate surface area is 315 Å².